The van der Waals surface area contributed by atoms with E-state index in [1.807, 2.05) is 0 Å². The van der Waals surface area contributed by atoms with Gasteiger partial charge in [0.1, 0.15) is 5.78 Å². The molecule has 0 unspecified atom stereocenters. The molecule has 0 rings (SSSR count). The first kappa shape index (κ1) is 12.1. The van der Waals surface area contributed by atoms with Crippen molar-refractivity contribution in [1.82, 2.24) is 0 Å². The number of hydrogen-bond donors (Lipinski definition) is 2. The molecule has 4 nitrogen and oxygen atoms in total. The van der Waals surface area contributed by atoms with E-state index < -0.39 is 17.0 Å². The highest BCUT2D eigenvalue weighted by Crippen LogP contribution is 2.21. The van der Waals surface area contributed by atoms with Gasteiger partial charge in [0.2, 0.25) is 0 Å². The molecule has 4 heteroatoms. The summed E-state index contributed by atoms with van der Waals surface area (Å²) >= 11 is 0. The van der Waals surface area contributed by atoms with Gasteiger partial charge in [-0.1, -0.05) is 20.8 Å². The van der Waals surface area contributed by atoms with Crippen molar-refractivity contribution in [2.45, 2.75) is 39.7 Å². The summed E-state index contributed by atoms with van der Waals surface area (Å²) in [5, 5.41) is 17.9. The normalized spacial score (nSPS) is 16.4. The molecular formula is C9H16O4. The Morgan fingerprint density at radius 1 is 1.15 bits per heavy atom. The molecule has 0 saturated carbocycles. The number of carboxylic acid groups (broad SMARTS) is 1. The molecule has 0 aliphatic heterocycles. The zero-order chi connectivity index (χ0) is 10.9. The third-order valence-electron chi connectivity index (χ3n) is 1.80. The van der Waals surface area contributed by atoms with E-state index in [9.17, 15) is 14.7 Å². The number of carbonyl (C=O) groups is 2. The summed E-state index contributed by atoms with van der Waals surface area (Å²) in [6.45, 7) is 6.19. The van der Waals surface area contributed by atoms with Gasteiger partial charge in [-0.3, -0.25) is 4.79 Å². The average Bonchev–Trinajstić information content (AvgIpc) is 1.83. The zero-order valence-electron chi connectivity index (χ0n) is 8.42. The van der Waals surface area contributed by atoms with Gasteiger partial charge in [-0.2, -0.15) is 0 Å². The van der Waals surface area contributed by atoms with Crippen LogP contribution in [0.1, 0.15) is 34.1 Å². The van der Waals surface area contributed by atoms with Gasteiger partial charge in [-0.15, -0.1) is 0 Å². The second kappa shape index (κ2) is 3.46. The van der Waals surface area contributed by atoms with Gasteiger partial charge in [0.25, 0.3) is 0 Å². The summed E-state index contributed by atoms with van der Waals surface area (Å²) in [6.07, 6.45) is -0.355. The van der Waals surface area contributed by atoms with Gasteiger partial charge in [-0.25, -0.2) is 4.79 Å². The Morgan fingerprint density at radius 2 is 1.54 bits per heavy atom. The van der Waals surface area contributed by atoms with Crippen molar-refractivity contribution in [2.75, 3.05) is 0 Å². The van der Waals surface area contributed by atoms with Crippen molar-refractivity contribution in [3.63, 3.8) is 0 Å². The van der Waals surface area contributed by atoms with Crippen LogP contribution < -0.4 is 0 Å². The fraction of sp³-hybridized carbons (Fsp3) is 0.778. The lowest BCUT2D eigenvalue weighted by Crippen LogP contribution is -2.40. The lowest BCUT2D eigenvalue weighted by molar-refractivity contribution is -0.160. The number of ketones is 1. The monoisotopic (exact) mass is 188 g/mol. The minimum absolute atomic E-state index is 0.264. The van der Waals surface area contributed by atoms with E-state index in [2.05, 4.69) is 0 Å². The number of aliphatic carboxylic acids is 1. The van der Waals surface area contributed by atoms with Crippen molar-refractivity contribution < 1.29 is 19.8 Å². The maximum Gasteiger partial charge on any atom is 0.335 e. The molecule has 2 N–H and O–H groups in total. The molecule has 0 heterocycles. The molecule has 0 bridgehead atoms. The maximum absolute atomic E-state index is 11.4. The first-order valence-electron chi connectivity index (χ1n) is 4.06. The van der Waals surface area contributed by atoms with Crippen LogP contribution in [0.25, 0.3) is 0 Å². The first-order chi connectivity index (χ1) is 5.57. The predicted octanol–water partition coefficient (Wildman–Crippen LogP) is 0.827. The molecule has 0 radical (unpaired) electrons. The van der Waals surface area contributed by atoms with Crippen LogP contribution in [0, 0.1) is 5.41 Å². The smallest absolute Gasteiger partial charge is 0.335 e. The molecular weight excluding hydrogens is 172 g/mol. The molecule has 13 heavy (non-hydrogen) atoms. The van der Waals surface area contributed by atoms with Gasteiger partial charge < -0.3 is 10.2 Å². The van der Waals surface area contributed by atoms with E-state index in [4.69, 9.17) is 5.11 Å². The molecule has 0 spiro atoms. The minimum Gasteiger partial charge on any atom is -0.479 e. The average molecular weight is 188 g/mol. The SMILES string of the molecule is CC(C)(C)C(=O)C[C@@](C)(O)C(=O)O. The molecule has 0 aliphatic carbocycles. The number of hydrogen-bond acceptors (Lipinski definition) is 3. The molecule has 0 aliphatic rings. The number of aliphatic hydroxyl groups is 1. The highest BCUT2D eigenvalue weighted by molar-refractivity contribution is 5.90. The lowest BCUT2D eigenvalue weighted by Gasteiger charge is -2.22. The van der Waals surface area contributed by atoms with Gasteiger partial charge >= 0.3 is 5.97 Å². The maximum atomic E-state index is 11.4. The molecule has 0 amide bonds. The number of carbonyl (C=O) groups excluding carboxylic acids is 1. The topological polar surface area (TPSA) is 74.6 Å². The Balaban J connectivity index is 4.47. The van der Waals surface area contributed by atoms with Crippen LogP contribution in [-0.2, 0) is 9.59 Å². The third-order valence-corrected chi connectivity index (χ3v) is 1.80. The lowest BCUT2D eigenvalue weighted by atomic mass is 9.84. The Labute approximate surface area is 77.6 Å². The van der Waals surface area contributed by atoms with E-state index in [1.165, 1.54) is 0 Å². The zero-order valence-corrected chi connectivity index (χ0v) is 8.42. The largest absolute Gasteiger partial charge is 0.479 e. The molecule has 76 valence electrons. The van der Waals surface area contributed by atoms with Crippen LogP contribution in [0.5, 0.6) is 0 Å². The standard InChI is InChI=1S/C9H16O4/c1-8(2,3)6(10)5-9(4,13)7(11)12/h13H,5H2,1-4H3,(H,11,12)/t9-/m1/s1. The van der Waals surface area contributed by atoms with Gasteiger partial charge in [0.15, 0.2) is 5.60 Å². The molecule has 0 aromatic carbocycles. The van der Waals surface area contributed by atoms with Gasteiger partial charge in [0.05, 0.1) is 0 Å². The number of Topliss-reactive ketones (excluding diaryl/α,β-unsaturated/α-hetero) is 1. The third kappa shape index (κ3) is 3.55. The Kier molecular flexibility index (Phi) is 3.22. The number of rotatable bonds is 3. The fourth-order valence-electron chi connectivity index (χ4n) is 0.653. The van der Waals surface area contributed by atoms with Crippen LogP contribution in [0.2, 0.25) is 0 Å². The van der Waals surface area contributed by atoms with Crippen LogP contribution in [0.3, 0.4) is 0 Å². The second-order valence-corrected chi connectivity index (χ2v) is 4.43. The highest BCUT2D eigenvalue weighted by Gasteiger charge is 2.36. The minimum atomic E-state index is -1.95. The number of carboxylic acids is 1. The van der Waals surface area contributed by atoms with E-state index in [-0.39, 0.29) is 12.2 Å². The van der Waals surface area contributed by atoms with Crippen LogP contribution >= 0.6 is 0 Å². The molecule has 0 saturated heterocycles. The van der Waals surface area contributed by atoms with Crippen molar-refractivity contribution in [1.29, 1.82) is 0 Å². The van der Waals surface area contributed by atoms with E-state index in [1.54, 1.807) is 20.8 Å². The summed E-state index contributed by atoms with van der Waals surface area (Å²) in [5.74, 6) is -1.63. The van der Waals surface area contributed by atoms with Gasteiger partial charge in [-0.05, 0) is 6.92 Å². The Morgan fingerprint density at radius 3 is 1.77 bits per heavy atom. The van der Waals surface area contributed by atoms with Crippen molar-refractivity contribution in [3.05, 3.63) is 0 Å². The summed E-state index contributed by atoms with van der Waals surface area (Å²) in [7, 11) is 0. The highest BCUT2D eigenvalue weighted by atomic mass is 16.4. The van der Waals surface area contributed by atoms with Crippen LogP contribution in [0.15, 0.2) is 0 Å². The van der Waals surface area contributed by atoms with E-state index in [0.29, 0.717) is 0 Å². The first-order valence-corrected chi connectivity index (χ1v) is 4.06. The fourth-order valence-corrected chi connectivity index (χ4v) is 0.653. The Bertz CT molecular complexity index is 222. The van der Waals surface area contributed by atoms with E-state index in [0.717, 1.165) is 6.92 Å². The van der Waals surface area contributed by atoms with Gasteiger partial charge in [0, 0.05) is 11.8 Å². The Hall–Kier alpha value is -0.900. The molecule has 1 atom stereocenters. The van der Waals surface area contributed by atoms with Crippen molar-refractivity contribution in [3.8, 4) is 0 Å². The predicted molar refractivity (Wildman–Crippen MR) is 47.3 cm³/mol. The summed E-state index contributed by atoms with van der Waals surface area (Å²) in [5.41, 5.74) is -2.57. The van der Waals surface area contributed by atoms with Crippen LogP contribution in [0.4, 0.5) is 0 Å². The summed E-state index contributed by atoms with van der Waals surface area (Å²) < 4.78 is 0. The van der Waals surface area contributed by atoms with Crippen molar-refractivity contribution in [2.24, 2.45) is 5.41 Å². The van der Waals surface area contributed by atoms with Crippen molar-refractivity contribution >= 4 is 11.8 Å². The summed E-state index contributed by atoms with van der Waals surface area (Å²) in [4.78, 5) is 21.8. The quantitative estimate of drug-likeness (QED) is 0.687. The summed E-state index contributed by atoms with van der Waals surface area (Å²) in [6, 6.07) is 0. The second-order valence-electron chi connectivity index (χ2n) is 4.43. The molecule has 0 aromatic rings. The van der Waals surface area contributed by atoms with Crippen LogP contribution in [-0.4, -0.2) is 27.6 Å². The van der Waals surface area contributed by atoms with E-state index >= 15 is 0 Å². The molecule has 0 fully saturated rings. The molecule has 0 aromatic heterocycles.